The number of hydrogen-bond donors (Lipinski definition) is 0. The van der Waals surface area contributed by atoms with Gasteiger partial charge in [-0.1, -0.05) is 12.8 Å². The van der Waals surface area contributed by atoms with Gasteiger partial charge in [-0.05, 0) is 25.7 Å². The highest BCUT2D eigenvalue weighted by atomic mass is 16.2. The van der Waals surface area contributed by atoms with Gasteiger partial charge in [-0.3, -0.25) is 4.79 Å². The van der Waals surface area contributed by atoms with Gasteiger partial charge in [0.1, 0.15) is 11.6 Å². The summed E-state index contributed by atoms with van der Waals surface area (Å²) in [6, 6.07) is 0. The fourth-order valence-corrected chi connectivity index (χ4v) is 3.22. The van der Waals surface area contributed by atoms with Crippen molar-refractivity contribution < 1.29 is 4.79 Å². The van der Waals surface area contributed by atoms with Crippen LogP contribution in [0.2, 0.25) is 0 Å². The summed E-state index contributed by atoms with van der Waals surface area (Å²) < 4.78 is 0. The number of fused-ring (bicyclic) bond motifs is 1. The van der Waals surface area contributed by atoms with E-state index in [2.05, 4.69) is 14.9 Å². The summed E-state index contributed by atoms with van der Waals surface area (Å²) in [6.07, 6.45) is 5.63. The second kappa shape index (κ2) is 4.97. The topological polar surface area (TPSA) is 49.3 Å². The lowest BCUT2D eigenvalue weighted by atomic mass is 10.1. The van der Waals surface area contributed by atoms with E-state index in [9.17, 15) is 4.79 Å². The van der Waals surface area contributed by atoms with Crippen molar-refractivity contribution in [1.29, 1.82) is 0 Å². The molecule has 2 aliphatic heterocycles. The average Bonchev–Trinajstić information content (AvgIpc) is 3.12. The van der Waals surface area contributed by atoms with Gasteiger partial charge in [0.15, 0.2) is 0 Å². The molecule has 1 aliphatic carbocycles. The van der Waals surface area contributed by atoms with E-state index in [4.69, 9.17) is 0 Å². The van der Waals surface area contributed by atoms with Crippen LogP contribution in [0.4, 0.5) is 5.82 Å². The summed E-state index contributed by atoms with van der Waals surface area (Å²) in [5, 5.41) is 0. The van der Waals surface area contributed by atoms with E-state index in [0.29, 0.717) is 19.5 Å². The van der Waals surface area contributed by atoms with Crippen molar-refractivity contribution in [2.45, 2.75) is 52.1 Å². The van der Waals surface area contributed by atoms with Crippen molar-refractivity contribution in [3.63, 3.8) is 0 Å². The Balaban J connectivity index is 1.50. The van der Waals surface area contributed by atoms with Crippen LogP contribution in [0.25, 0.3) is 0 Å². The van der Waals surface area contributed by atoms with Crippen LogP contribution in [0, 0.1) is 12.8 Å². The van der Waals surface area contributed by atoms with Crippen molar-refractivity contribution in [3.05, 3.63) is 17.1 Å². The van der Waals surface area contributed by atoms with Gasteiger partial charge in [0.25, 0.3) is 0 Å². The number of carbonyl (C=O) groups excluding carboxylic acids is 1. The molecule has 3 heterocycles. The van der Waals surface area contributed by atoms with Crippen LogP contribution in [-0.4, -0.2) is 33.9 Å². The standard InChI is InChI=1S/C16H22N4O/c1-11-17-14-10-20(15(21)6-5-12-3-4-12)9-13(14)16(18-11)19-7-2-8-19/h12H,2-10H2,1H3. The molecule has 0 N–H and O–H groups in total. The van der Waals surface area contributed by atoms with Crippen molar-refractivity contribution in [3.8, 4) is 0 Å². The molecule has 1 aromatic rings. The van der Waals surface area contributed by atoms with Gasteiger partial charge < -0.3 is 9.80 Å². The van der Waals surface area contributed by atoms with Crippen LogP contribution < -0.4 is 4.90 Å². The van der Waals surface area contributed by atoms with Crippen LogP contribution in [-0.2, 0) is 17.9 Å². The first-order chi connectivity index (χ1) is 10.2. The van der Waals surface area contributed by atoms with Crippen LogP contribution in [0.15, 0.2) is 0 Å². The first-order valence-corrected chi connectivity index (χ1v) is 8.10. The molecule has 1 aromatic heterocycles. The Morgan fingerprint density at radius 2 is 2.05 bits per heavy atom. The molecule has 0 unspecified atom stereocenters. The molecule has 5 heteroatoms. The number of carbonyl (C=O) groups is 1. The second-order valence-electron chi connectivity index (χ2n) is 6.59. The maximum absolute atomic E-state index is 12.4. The second-order valence-corrected chi connectivity index (χ2v) is 6.59. The van der Waals surface area contributed by atoms with E-state index in [-0.39, 0.29) is 5.91 Å². The average molecular weight is 286 g/mol. The van der Waals surface area contributed by atoms with Gasteiger partial charge in [0.2, 0.25) is 5.91 Å². The summed E-state index contributed by atoms with van der Waals surface area (Å²) in [7, 11) is 0. The third-order valence-electron chi connectivity index (χ3n) is 4.84. The summed E-state index contributed by atoms with van der Waals surface area (Å²) in [6.45, 7) is 5.48. The van der Waals surface area contributed by atoms with Gasteiger partial charge in [-0.2, -0.15) is 0 Å². The van der Waals surface area contributed by atoms with E-state index in [0.717, 1.165) is 42.8 Å². The highest BCUT2D eigenvalue weighted by Gasteiger charge is 2.31. The molecule has 112 valence electrons. The molecule has 1 amide bonds. The number of nitrogens with zero attached hydrogens (tertiary/aromatic N) is 4. The van der Waals surface area contributed by atoms with Gasteiger partial charge in [-0.25, -0.2) is 9.97 Å². The molecule has 0 atom stereocenters. The van der Waals surface area contributed by atoms with Gasteiger partial charge in [0, 0.05) is 25.1 Å². The Morgan fingerprint density at radius 1 is 1.24 bits per heavy atom. The number of amides is 1. The number of anilines is 1. The molecule has 1 saturated carbocycles. The van der Waals surface area contributed by atoms with Gasteiger partial charge >= 0.3 is 0 Å². The largest absolute Gasteiger partial charge is 0.356 e. The highest BCUT2D eigenvalue weighted by molar-refractivity contribution is 5.77. The Bertz CT molecular complexity index is 578. The number of aryl methyl sites for hydroxylation is 1. The van der Waals surface area contributed by atoms with Crippen molar-refractivity contribution in [2.24, 2.45) is 5.92 Å². The zero-order valence-electron chi connectivity index (χ0n) is 12.6. The predicted molar refractivity (Wildman–Crippen MR) is 79.8 cm³/mol. The first kappa shape index (κ1) is 13.0. The molecular formula is C16H22N4O. The number of hydrogen-bond acceptors (Lipinski definition) is 4. The minimum atomic E-state index is 0.284. The van der Waals surface area contributed by atoms with Crippen LogP contribution in [0.3, 0.4) is 0 Å². The van der Waals surface area contributed by atoms with Gasteiger partial charge in [-0.15, -0.1) is 0 Å². The Labute approximate surface area is 125 Å². The molecule has 2 fully saturated rings. The Hall–Kier alpha value is -1.65. The number of rotatable bonds is 4. The van der Waals surface area contributed by atoms with E-state index in [1.165, 1.54) is 24.8 Å². The third kappa shape index (κ3) is 2.49. The normalized spacial score (nSPS) is 20.4. The molecular weight excluding hydrogens is 264 g/mol. The monoisotopic (exact) mass is 286 g/mol. The quantitative estimate of drug-likeness (QED) is 0.850. The SMILES string of the molecule is Cc1nc2c(c(N3CCC3)n1)CN(C(=O)CCC1CC1)C2. The van der Waals surface area contributed by atoms with E-state index in [1.807, 2.05) is 11.8 Å². The molecule has 0 radical (unpaired) electrons. The maximum Gasteiger partial charge on any atom is 0.223 e. The summed E-state index contributed by atoms with van der Waals surface area (Å²) in [4.78, 5) is 25.8. The first-order valence-electron chi connectivity index (χ1n) is 8.10. The summed E-state index contributed by atoms with van der Waals surface area (Å²) in [5.74, 6) is 2.99. The van der Waals surface area contributed by atoms with Crippen molar-refractivity contribution in [1.82, 2.24) is 14.9 Å². The van der Waals surface area contributed by atoms with Crippen LogP contribution in [0.1, 0.15) is 49.2 Å². The van der Waals surface area contributed by atoms with E-state index >= 15 is 0 Å². The Kier molecular flexibility index (Phi) is 3.08. The lowest BCUT2D eigenvalue weighted by Gasteiger charge is -2.33. The summed E-state index contributed by atoms with van der Waals surface area (Å²) in [5.41, 5.74) is 2.24. The fourth-order valence-electron chi connectivity index (χ4n) is 3.22. The fraction of sp³-hybridized carbons (Fsp3) is 0.688. The highest BCUT2D eigenvalue weighted by Crippen LogP contribution is 2.35. The molecule has 0 bridgehead atoms. The molecule has 4 rings (SSSR count). The predicted octanol–water partition coefficient (Wildman–Crippen LogP) is 2.03. The van der Waals surface area contributed by atoms with Crippen LogP contribution in [0.5, 0.6) is 0 Å². The number of aromatic nitrogens is 2. The molecule has 1 saturated heterocycles. The maximum atomic E-state index is 12.4. The Morgan fingerprint density at radius 3 is 2.71 bits per heavy atom. The van der Waals surface area contributed by atoms with E-state index in [1.54, 1.807) is 0 Å². The van der Waals surface area contributed by atoms with Crippen molar-refractivity contribution >= 4 is 11.7 Å². The van der Waals surface area contributed by atoms with E-state index < -0.39 is 0 Å². The zero-order valence-corrected chi connectivity index (χ0v) is 12.6. The summed E-state index contributed by atoms with van der Waals surface area (Å²) >= 11 is 0. The smallest absolute Gasteiger partial charge is 0.223 e. The molecule has 0 spiro atoms. The van der Waals surface area contributed by atoms with Gasteiger partial charge in [0.05, 0.1) is 18.8 Å². The molecule has 21 heavy (non-hydrogen) atoms. The minimum absolute atomic E-state index is 0.284. The van der Waals surface area contributed by atoms with Crippen molar-refractivity contribution in [2.75, 3.05) is 18.0 Å². The molecule has 3 aliphatic rings. The minimum Gasteiger partial charge on any atom is -0.356 e. The molecule has 5 nitrogen and oxygen atoms in total. The lowest BCUT2D eigenvalue weighted by molar-refractivity contribution is -0.132. The zero-order chi connectivity index (χ0) is 14.4. The third-order valence-corrected chi connectivity index (χ3v) is 4.84. The molecule has 0 aromatic carbocycles. The van der Waals surface area contributed by atoms with Crippen LogP contribution >= 0.6 is 0 Å². The lowest BCUT2D eigenvalue weighted by Crippen LogP contribution is -2.38.